The Balaban J connectivity index is 2.41. The molecule has 0 aliphatic carbocycles. The van der Waals surface area contributed by atoms with Crippen molar-refractivity contribution in [2.24, 2.45) is 0 Å². The van der Waals surface area contributed by atoms with Crippen LogP contribution in [-0.2, 0) is 0 Å². The molecule has 1 aromatic heterocycles. The van der Waals surface area contributed by atoms with Crippen molar-refractivity contribution in [1.82, 2.24) is 9.55 Å². The van der Waals surface area contributed by atoms with Crippen LogP contribution in [-0.4, -0.2) is 15.7 Å². The van der Waals surface area contributed by atoms with Gasteiger partial charge in [-0.05, 0) is 40.2 Å². The molecule has 2 rings (SSSR count). The largest absolute Gasteiger partial charge is 0.458 e. The van der Waals surface area contributed by atoms with Crippen molar-refractivity contribution in [3.63, 3.8) is 0 Å². The van der Waals surface area contributed by atoms with Crippen molar-refractivity contribution in [2.45, 2.75) is 6.18 Å². The Labute approximate surface area is 110 Å². The number of fused-ring (bicyclic) bond motifs is 1. The van der Waals surface area contributed by atoms with Crippen LogP contribution in [0.3, 0.4) is 0 Å². The Morgan fingerprint density at radius 1 is 1.35 bits per heavy atom. The third kappa shape index (κ3) is 3.11. The molecular weight excluding hydrogens is 363 g/mol. The molecule has 0 fully saturated rings. The average Bonchev–Trinajstić information content (AvgIpc) is 2.67. The molecule has 1 atom stereocenters. The van der Waals surface area contributed by atoms with Crippen LogP contribution in [0, 0.1) is 11.8 Å². The standard InChI is InChI=1S/C10H5F3IN2P/c11-10(12,13)4-3-7-1-2-9-8(5-7)6-15-16(9)17-14/h1-2,5-6,17H. The molecule has 2 aromatic rings. The van der Waals surface area contributed by atoms with E-state index in [0.717, 1.165) is 10.9 Å². The van der Waals surface area contributed by atoms with E-state index in [4.69, 9.17) is 0 Å². The predicted octanol–water partition coefficient (Wildman–Crippen LogP) is 3.74. The maximum absolute atomic E-state index is 11.9. The highest BCUT2D eigenvalue weighted by Crippen LogP contribution is 2.28. The lowest BCUT2D eigenvalue weighted by Crippen LogP contribution is -2.01. The summed E-state index contributed by atoms with van der Waals surface area (Å²) in [5.41, 5.74) is 1.24. The Bertz CT molecular complexity index is 609. The molecule has 2 nitrogen and oxygen atoms in total. The van der Waals surface area contributed by atoms with Crippen molar-refractivity contribution < 1.29 is 13.2 Å². The summed E-state index contributed by atoms with van der Waals surface area (Å²) in [6, 6.07) is 4.90. The fraction of sp³-hybridized carbons (Fsp3) is 0.100. The van der Waals surface area contributed by atoms with Crippen LogP contribution in [0.4, 0.5) is 13.2 Å². The minimum atomic E-state index is -4.46. The van der Waals surface area contributed by atoms with Gasteiger partial charge in [-0.15, -0.1) is 0 Å². The van der Waals surface area contributed by atoms with Gasteiger partial charge in [-0.1, -0.05) is 5.92 Å². The molecule has 0 N–H and O–H groups in total. The molecule has 0 spiro atoms. The lowest BCUT2D eigenvalue weighted by molar-refractivity contribution is -0.0696. The van der Waals surface area contributed by atoms with Gasteiger partial charge in [-0.2, -0.15) is 18.3 Å². The zero-order valence-corrected chi connectivity index (χ0v) is 11.4. The predicted molar refractivity (Wildman–Crippen MR) is 70.4 cm³/mol. The number of hydrogen-bond donors (Lipinski definition) is 0. The molecule has 1 heterocycles. The molecule has 0 aliphatic heterocycles. The van der Waals surface area contributed by atoms with Gasteiger partial charge in [0.15, 0.2) is 0 Å². The second-order valence-electron chi connectivity index (χ2n) is 3.16. The summed E-state index contributed by atoms with van der Waals surface area (Å²) in [4.78, 5) is 0. The quantitative estimate of drug-likeness (QED) is 0.426. The second-order valence-corrected chi connectivity index (χ2v) is 5.20. The van der Waals surface area contributed by atoms with Crippen LogP contribution < -0.4 is 0 Å². The first kappa shape index (κ1) is 12.7. The molecule has 0 amide bonds. The Morgan fingerprint density at radius 3 is 2.76 bits per heavy atom. The fourth-order valence-corrected chi connectivity index (χ4v) is 2.87. The van der Waals surface area contributed by atoms with Crippen LogP contribution in [0.1, 0.15) is 5.56 Å². The third-order valence-corrected chi connectivity index (χ3v) is 3.88. The van der Waals surface area contributed by atoms with E-state index < -0.39 is 6.18 Å². The van der Waals surface area contributed by atoms with Crippen molar-refractivity contribution in [3.8, 4) is 11.8 Å². The minimum Gasteiger partial charge on any atom is -0.237 e. The van der Waals surface area contributed by atoms with Gasteiger partial charge in [0.2, 0.25) is 0 Å². The number of halogens is 4. The van der Waals surface area contributed by atoms with Gasteiger partial charge in [0.25, 0.3) is 0 Å². The van der Waals surface area contributed by atoms with E-state index in [2.05, 4.69) is 33.1 Å². The molecular formula is C10H5F3IN2P. The highest BCUT2D eigenvalue weighted by atomic mass is 127. The SMILES string of the molecule is FC(F)(F)C#Cc1ccc2c(cnn2PI)c1. The molecule has 88 valence electrons. The summed E-state index contributed by atoms with van der Waals surface area (Å²) in [5.74, 6) is 3.34. The van der Waals surface area contributed by atoms with E-state index >= 15 is 0 Å². The molecule has 0 saturated carbocycles. The smallest absolute Gasteiger partial charge is 0.237 e. The zero-order chi connectivity index (χ0) is 12.5. The first-order valence-corrected chi connectivity index (χ1v) is 8.50. The highest BCUT2D eigenvalue weighted by molar-refractivity contribution is 14.2. The van der Waals surface area contributed by atoms with Crippen molar-refractivity contribution >= 4 is 39.3 Å². The average molecular weight is 368 g/mol. The maximum Gasteiger partial charge on any atom is 0.458 e. The lowest BCUT2D eigenvalue weighted by Gasteiger charge is -1.97. The Kier molecular flexibility index (Phi) is 3.59. The number of benzene rings is 1. The monoisotopic (exact) mass is 368 g/mol. The Hall–Kier alpha value is -0.800. The lowest BCUT2D eigenvalue weighted by atomic mass is 10.2. The minimum absolute atomic E-state index is 0.339. The molecule has 0 bridgehead atoms. The zero-order valence-electron chi connectivity index (χ0n) is 8.22. The van der Waals surface area contributed by atoms with Gasteiger partial charge in [-0.3, -0.25) is 0 Å². The van der Waals surface area contributed by atoms with Crippen LogP contribution in [0.15, 0.2) is 24.4 Å². The molecule has 17 heavy (non-hydrogen) atoms. The first-order chi connectivity index (χ1) is 7.99. The molecule has 7 heteroatoms. The van der Waals surface area contributed by atoms with E-state index in [9.17, 15) is 13.2 Å². The molecule has 1 unspecified atom stereocenters. The molecule has 0 aliphatic rings. The summed E-state index contributed by atoms with van der Waals surface area (Å²) in [5, 5.41) is 4.91. The second kappa shape index (κ2) is 4.83. The highest BCUT2D eigenvalue weighted by Gasteiger charge is 2.22. The first-order valence-electron chi connectivity index (χ1n) is 4.44. The van der Waals surface area contributed by atoms with E-state index in [1.807, 2.05) is 0 Å². The van der Waals surface area contributed by atoms with Gasteiger partial charge >= 0.3 is 6.18 Å². The summed E-state index contributed by atoms with van der Waals surface area (Å²) < 4.78 is 37.6. The number of alkyl halides is 3. The van der Waals surface area contributed by atoms with Gasteiger partial charge in [-0.25, -0.2) is 4.45 Å². The number of nitrogens with zero attached hydrogens (tertiary/aromatic N) is 2. The molecule has 0 radical (unpaired) electrons. The molecule has 0 saturated heterocycles. The topological polar surface area (TPSA) is 17.8 Å². The number of rotatable bonds is 1. The normalized spacial score (nSPS) is 12.0. The Morgan fingerprint density at radius 2 is 2.12 bits per heavy atom. The van der Waals surface area contributed by atoms with E-state index in [0.29, 0.717) is 11.9 Å². The maximum atomic E-state index is 11.9. The van der Waals surface area contributed by atoms with Crippen LogP contribution >= 0.6 is 28.4 Å². The summed E-state index contributed by atoms with van der Waals surface area (Å²) in [6.07, 6.45) is -2.37. The van der Waals surface area contributed by atoms with Gasteiger partial charge in [0, 0.05) is 16.9 Å². The van der Waals surface area contributed by atoms with E-state index in [1.165, 1.54) is 5.92 Å². The van der Waals surface area contributed by atoms with Crippen molar-refractivity contribution in [1.29, 1.82) is 0 Å². The fourth-order valence-electron chi connectivity index (χ4n) is 1.32. The van der Waals surface area contributed by atoms with Crippen molar-refractivity contribution in [3.05, 3.63) is 30.0 Å². The van der Waals surface area contributed by atoms with Crippen molar-refractivity contribution in [2.75, 3.05) is 0 Å². The number of aromatic nitrogens is 2. The molecule has 1 aromatic carbocycles. The number of hydrogen-bond acceptors (Lipinski definition) is 1. The summed E-state index contributed by atoms with van der Waals surface area (Å²) in [6.45, 7) is 0. The van der Waals surface area contributed by atoms with Gasteiger partial charge < -0.3 is 0 Å². The summed E-state index contributed by atoms with van der Waals surface area (Å²) >= 11 is 2.19. The van der Waals surface area contributed by atoms with Crippen LogP contribution in [0.5, 0.6) is 0 Å². The summed E-state index contributed by atoms with van der Waals surface area (Å²) in [7, 11) is 0. The van der Waals surface area contributed by atoms with Gasteiger partial charge in [0.1, 0.15) is 0 Å². The van der Waals surface area contributed by atoms with E-state index in [-0.39, 0.29) is 0 Å². The van der Waals surface area contributed by atoms with Gasteiger partial charge in [0.05, 0.1) is 18.1 Å². The van der Waals surface area contributed by atoms with E-state index in [1.54, 1.807) is 28.8 Å². The van der Waals surface area contributed by atoms with Crippen LogP contribution in [0.2, 0.25) is 0 Å². The third-order valence-electron chi connectivity index (χ3n) is 2.00. The van der Waals surface area contributed by atoms with Crippen LogP contribution in [0.25, 0.3) is 10.9 Å².